The van der Waals surface area contributed by atoms with E-state index in [1.54, 1.807) is 18.2 Å². The van der Waals surface area contributed by atoms with Crippen LogP contribution in [0.4, 0.5) is 5.69 Å². The van der Waals surface area contributed by atoms with Crippen LogP contribution in [-0.2, 0) is 0 Å². The number of nitrogens with zero attached hydrogens (tertiary/aromatic N) is 2. The van der Waals surface area contributed by atoms with Crippen LogP contribution in [0, 0.1) is 10.1 Å². The Labute approximate surface area is 122 Å². The summed E-state index contributed by atoms with van der Waals surface area (Å²) in [5.74, 6) is 0.294. The zero-order chi connectivity index (χ0) is 14.3. The smallest absolute Gasteiger partial charge is 0.273 e. The summed E-state index contributed by atoms with van der Waals surface area (Å²) in [4.78, 5) is 14.5. The van der Waals surface area contributed by atoms with Crippen molar-refractivity contribution >= 4 is 40.0 Å². The van der Waals surface area contributed by atoms with Crippen molar-refractivity contribution < 1.29 is 9.34 Å². The molecule has 0 radical (unpaired) electrons. The number of non-ortho nitro benzene ring substituents is 1. The summed E-state index contributed by atoms with van der Waals surface area (Å²) in [6, 6.07) is 9.16. The maximum absolute atomic E-state index is 10.7. The highest BCUT2D eigenvalue weighted by atomic mass is 35.5. The van der Waals surface area contributed by atoms with Gasteiger partial charge in [0.15, 0.2) is 5.58 Å². The van der Waals surface area contributed by atoms with Crippen LogP contribution in [-0.4, -0.2) is 9.91 Å². The number of hydrogen-bond donors (Lipinski definition) is 0. The van der Waals surface area contributed by atoms with Crippen LogP contribution in [0.3, 0.4) is 0 Å². The first-order valence-corrected chi connectivity index (χ1v) is 6.30. The molecule has 0 saturated heterocycles. The molecule has 5 nitrogen and oxygen atoms in total. The second-order valence-corrected chi connectivity index (χ2v) is 4.90. The van der Waals surface area contributed by atoms with Crippen LogP contribution in [0.5, 0.6) is 0 Å². The maximum atomic E-state index is 10.7. The number of fused-ring (bicyclic) bond motifs is 1. The van der Waals surface area contributed by atoms with Gasteiger partial charge in [-0.05, 0) is 24.3 Å². The minimum Gasteiger partial charge on any atom is -0.436 e. The van der Waals surface area contributed by atoms with Crippen molar-refractivity contribution in [3.8, 4) is 11.5 Å². The number of halogens is 2. The maximum Gasteiger partial charge on any atom is 0.273 e. The number of benzene rings is 2. The van der Waals surface area contributed by atoms with Crippen molar-refractivity contribution in [1.82, 2.24) is 4.98 Å². The van der Waals surface area contributed by atoms with Crippen molar-refractivity contribution in [3.05, 3.63) is 56.6 Å². The Morgan fingerprint density at radius 1 is 1.15 bits per heavy atom. The molecule has 0 aliphatic carbocycles. The fraction of sp³-hybridized carbons (Fsp3) is 0. The fourth-order valence-electron chi connectivity index (χ4n) is 1.80. The van der Waals surface area contributed by atoms with Crippen LogP contribution in [0.25, 0.3) is 22.6 Å². The lowest BCUT2D eigenvalue weighted by Crippen LogP contribution is -1.86. The number of oxazole rings is 1. The number of rotatable bonds is 2. The molecule has 0 fully saturated rings. The van der Waals surface area contributed by atoms with Gasteiger partial charge in [-0.1, -0.05) is 23.2 Å². The van der Waals surface area contributed by atoms with Crippen LogP contribution in [0.15, 0.2) is 40.8 Å². The van der Waals surface area contributed by atoms with Crippen LogP contribution in [0.1, 0.15) is 0 Å². The minimum absolute atomic E-state index is 0.0533. The SMILES string of the molecule is O=[N+]([O-])c1ccc2nc(-c3ccc(Cl)cc3Cl)oc2c1. The summed E-state index contributed by atoms with van der Waals surface area (Å²) in [5.41, 5.74) is 1.38. The van der Waals surface area contributed by atoms with E-state index in [-0.39, 0.29) is 5.69 Å². The van der Waals surface area contributed by atoms with E-state index in [4.69, 9.17) is 27.6 Å². The molecule has 0 N–H and O–H groups in total. The van der Waals surface area contributed by atoms with Gasteiger partial charge in [-0.3, -0.25) is 10.1 Å². The van der Waals surface area contributed by atoms with Gasteiger partial charge in [0.05, 0.1) is 21.6 Å². The molecule has 3 rings (SSSR count). The Morgan fingerprint density at radius 3 is 2.65 bits per heavy atom. The predicted molar refractivity (Wildman–Crippen MR) is 76.1 cm³/mol. The van der Waals surface area contributed by atoms with E-state index in [2.05, 4.69) is 4.98 Å². The third-order valence-electron chi connectivity index (χ3n) is 2.74. The highest BCUT2D eigenvalue weighted by molar-refractivity contribution is 6.36. The van der Waals surface area contributed by atoms with Crippen LogP contribution in [0.2, 0.25) is 10.0 Å². The van der Waals surface area contributed by atoms with E-state index in [1.807, 2.05) is 0 Å². The van der Waals surface area contributed by atoms with Gasteiger partial charge in [-0.2, -0.15) is 0 Å². The zero-order valence-electron chi connectivity index (χ0n) is 9.84. The molecule has 0 aliphatic heterocycles. The van der Waals surface area contributed by atoms with E-state index in [1.165, 1.54) is 18.2 Å². The summed E-state index contributed by atoms with van der Waals surface area (Å²) < 4.78 is 5.52. The molecule has 0 bridgehead atoms. The third-order valence-corrected chi connectivity index (χ3v) is 3.29. The molecular weight excluding hydrogens is 303 g/mol. The lowest BCUT2D eigenvalue weighted by molar-refractivity contribution is -0.384. The molecule has 2 aromatic carbocycles. The molecule has 0 spiro atoms. The lowest BCUT2D eigenvalue weighted by atomic mass is 10.2. The summed E-state index contributed by atoms with van der Waals surface area (Å²) in [5, 5.41) is 11.6. The highest BCUT2D eigenvalue weighted by Gasteiger charge is 2.14. The Kier molecular flexibility index (Phi) is 3.08. The van der Waals surface area contributed by atoms with E-state index in [9.17, 15) is 10.1 Å². The summed E-state index contributed by atoms with van der Waals surface area (Å²) >= 11 is 11.9. The monoisotopic (exact) mass is 308 g/mol. The Hall–Kier alpha value is -2.11. The Bertz CT molecular complexity index is 830. The Balaban J connectivity index is 2.15. The highest BCUT2D eigenvalue weighted by Crippen LogP contribution is 2.32. The predicted octanol–water partition coefficient (Wildman–Crippen LogP) is 4.71. The molecular formula is C13H6Cl2N2O3. The molecule has 3 aromatic rings. The molecule has 0 saturated carbocycles. The van der Waals surface area contributed by atoms with Gasteiger partial charge in [-0.15, -0.1) is 0 Å². The first kappa shape index (κ1) is 12.9. The molecule has 0 amide bonds. The molecule has 0 aliphatic rings. The van der Waals surface area contributed by atoms with Crippen molar-refractivity contribution in [2.24, 2.45) is 0 Å². The second kappa shape index (κ2) is 4.77. The average Bonchev–Trinajstić information content (AvgIpc) is 2.80. The standard InChI is InChI=1S/C13H6Cl2N2O3/c14-7-1-3-9(10(15)5-7)13-16-11-4-2-8(17(18)19)6-12(11)20-13/h1-6H. The van der Waals surface area contributed by atoms with E-state index in [0.717, 1.165) is 0 Å². The number of aromatic nitrogens is 1. The van der Waals surface area contributed by atoms with Crippen LogP contribution < -0.4 is 0 Å². The number of hydrogen-bond acceptors (Lipinski definition) is 4. The zero-order valence-corrected chi connectivity index (χ0v) is 11.4. The van der Waals surface area contributed by atoms with Gasteiger partial charge in [0.25, 0.3) is 5.69 Å². The largest absolute Gasteiger partial charge is 0.436 e. The first-order valence-electron chi connectivity index (χ1n) is 5.55. The van der Waals surface area contributed by atoms with Crippen molar-refractivity contribution in [3.63, 3.8) is 0 Å². The molecule has 1 heterocycles. The lowest BCUT2D eigenvalue weighted by Gasteiger charge is -1.99. The minimum atomic E-state index is -0.489. The fourth-order valence-corrected chi connectivity index (χ4v) is 2.29. The van der Waals surface area contributed by atoms with Gasteiger partial charge < -0.3 is 4.42 Å². The Morgan fingerprint density at radius 2 is 1.95 bits per heavy atom. The van der Waals surface area contributed by atoms with Gasteiger partial charge >= 0.3 is 0 Å². The normalized spacial score (nSPS) is 10.9. The summed E-state index contributed by atoms with van der Waals surface area (Å²) in [6.07, 6.45) is 0. The third kappa shape index (κ3) is 2.21. The van der Waals surface area contributed by atoms with Crippen molar-refractivity contribution in [2.75, 3.05) is 0 Å². The van der Waals surface area contributed by atoms with Crippen molar-refractivity contribution in [1.29, 1.82) is 0 Å². The van der Waals surface area contributed by atoms with Gasteiger partial charge in [0.2, 0.25) is 5.89 Å². The topological polar surface area (TPSA) is 69.2 Å². The van der Waals surface area contributed by atoms with Crippen LogP contribution >= 0.6 is 23.2 Å². The molecule has 20 heavy (non-hydrogen) atoms. The number of nitro groups is 1. The van der Waals surface area contributed by atoms with Gasteiger partial charge in [0, 0.05) is 11.1 Å². The first-order chi connectivity index (χ1) is 9.54. The number of nitro benzene ring substituents is 1. The average molecular weight is 309 g/mol. The van der Waals surface area contributed by atoms with E-state index >= 15 is 0 Å². The molecule has 0 atom stereocenters. The second-order valence-electron chi connectivity index (χ2n) is 4.05. The molecule has 0 unspecified atom stereocenters. The van der Waals surface area contributed by atoms with Gasteiger partial charge in [-0.25, -0.2) is 4.98 Å². The van der Waals surface area contributed by atoms with Gasteiger partial charge in [0.1, 0.15) is 5.52 Å². The van der Waals surface area contributed by atoms with E-state index in [0.29, 0.717) is 32.6 Å². The summed E-state index contributed by atoms with van der Waals surface area (Å²) in [7, 11) is 0. The molecule has 100 valence electrons. The molecule has 7 heteroatoms. The molecule has 1 aromatic heterocycles. The quantitative estimate of drug-likeness (QED) is 0.508. The van der Waals surface area contributed by atoms with Crippen molar-refractivity contribution in [2.45, 2.75) is 0 Å². The summed E-state index contributed by atoms with van der Waals surface area (Å²) in [6.45, 7) is 0. The van der Waals surface area contributed by atoms with E-state index < -0.39 is 4.92 Å².